The van der Waals surface area contributed by atoms with E-state index in [0.717, 1.165) is 12.3 Å². The van der Waals surface area contributed by atoms with Crippen molar-refractivity contribution in [1.29, 1.82) is 0 Å². The summed E-state index contributed by atoms with van der Waals surface area (Å²) in [5.41, 5.74) is -0.225. The number of urea groups is 1. The first kappa shape index (κ1) is 17.1. The fraction of sp³-hybridized carbons (Fsp3) is 0.308. The van der Waals surface area contributed by atoms with E-state index < -0.39 is 11.7 Å². The Morgan fingerprint density at radius 3 is 2.74 bits per heavy atom. The van der Waals surface area contributed by atoms with E-state index in [9.17, 15) is 18.0 Å². The molecule has 0 saturated heterocycles. The quantitative estimate of drug-likeness (QED) is 0.892. The predicted molar refractivity (Wildman–Crippen MR) is 78.3 cm³/mol. The molecule has 0 aliphatic carbocycles. The van der Waals surface area contributed by atoms with Crippen molar-refractivity contribution >= 4 is 23.3 Å². The number of rotatable bonds is 4. The summed E-state index contributed by atoms with van der Waals surface area (Å²) >= 11 is 5.83. The minimum absolute atomic E-state index is 0.0774. The highest BCUT2D eigenvalue weighted by Gasteiger charge is 2.31. The number of anilines is 1. The van der Waals surface area contributed by atoms with Crippen molar-refractivity contribution in [3.8, 4) is 0 Å². The van der Waals surface area contributed by atoms with Gasteiger partial charge in [-0.05, 0) is 13.0 Å². The maximum absolute atomic E-state index is 12.6. The summed E-state index contributed by atoms with van der Waals surface area (Å²) in [6.45, 7) is 2.33. The number of pyridine rings is 1. The zero-order chi connectivity index (χ0) is 17.0. The predicted octanol–water partition coefficient (Wildman–Crippen LogP) is 3.14. The number of halogens is 4. The molecule has 23 heavy (non-hydrogen) atoms. The van der Waals surface area contributed by atoms with Crippen LogP contribution in [0.25, 0.3) is 0 Å². The van der Waals surface area contributed by atoms with Gasteiger partial charge in [0.05, 0.1) is 34.7 Å². The Balaban J connectivity index is 2.08. The lowest BCUT2D eigenvalue weighted by atomic mass is 10.2. The summed E-state index contributed by atoms with van der Waals surface area (Å²) in [6, 6.07) is 0.444. The third-order valence-electron chi connectivity index (χ3n) is 2.78. The van der Waals surface area contributed by atoms with Crippen LogP contribution in [0.1, 0.15) is 18.2 Å². The number of carbonyl (C=O) groups excluding carboxylic acids is 1. The Bertz CT molecular complexity index is 701. The number of carbonyl (C=O) groups is 1. The lowest BCUT2D eigenvalue weighted by molar-refractivity contribution is -0.137. The number of hydrogen-bond acceptors (Lipinski definition) is 3. The van der Waals surface area contributed by atoms with Gasteiger partial charge in [-0.3, -0.25) is 9.67 Å². The van der Waals surface area contributed by atoms with Gasteiger partial charge in [0, 0.05) is 18.9 Å². The first-order valence-electron chi connectivity index (χ1n) is 6.58. The smallest absolute Gasteiger partial charge is 0.338 e. The Hall–Kier alpha value is -2.29. The molecule has 0 bridgehead atoms. The summed E-state index contributed by atoms with van der Waals surface area (Å²) in [7, 11) is 0. The lowest BCUT2D eigenvalue weighted by Gasteiger charge is -2.09. The molecule has 2 aromatic heterocycles. The second kappa shape index (κ2) is 6.86. The molecule has 0 spiro atoms. The van der Waals surface area contributed by atoms with Gasteiger partial charge in [0.1, 0.15) is 0 Å². The minimum Gasteiger partial charge on any atom is -0.338 e. The average molecular weight is 348 g/mol. The first-order valence-corrected chi connectivity index (χ1v) is 6.96. The summed E-state index contributed by atoms with van der Waals surface area (Å²) in [5, 5.41) is 9.00. The summed E-state index contributed by atoms with van der Waals surface area (Å²) < 4.78 is 39.1. The molecule has 2 amide bonds. The number of aromatic nitrogens is 3. The van der Waals surface area contributed by atoms with Crippen LogP contribution in [0.2, 0.25) is 5.02 Å². The molecule has 0 fully saturated rings. The Kier molecular flexibility index (Phi) is 5.09. The highest BCUT2D eigenvalue weighted by atomic mass is 35.5. The molecule has 2 rings (SSSR count). The largest absolute Gasteiger partial charge is 0.417 e. The Morgan fingerprint density at radius 1 is 1.39 bits per heavy atom. The van der Waals surface area contributed by atoms with Crippen LogP contribution in [-0.4, -0.2) is 27.3 Å². The van der Waals surface area contributed by atoms with Crippen LogP contribution in [-0.2, 0) is 12.7 Å². The van der Waals surface area contributed by atoms with Crippen LogP contribution in [0.4, 0.5) is 23.7 Å². The number of nitrogens with zero attached hydrogens (tertiary/aromatic N) is 3. The van der Waals surface area contributed by atoms with E-state index in [-0.39, 0.29) is 23.3 Å². The third kappa shape index (κ3) is 4.59. The van der Waals surface area contributed by atoms with Gasteiger partial charge in [0.2, 0.25) is 0 Å². The van der Waals surface area contributed by atoms with Gasteiger partial charge >= 0.3 is 12.2 Å². The van der Waals surface area contributed by atoms with Crippen LogP contribution < -0.4 is 10.6 Å². The number of amides is 2. The fourth-order valence-corrected chi connectivity index (χ4v) is 1.97. The van der Waals surface area contributed by atoms with Crippen molar-refractivity contribution in [1.82, 2.24) is 20.1 Å². The van der Waals surface area contributed by atoms with Crippen LogP contribution >= 0.6 is 11.6 Å². The van der Waals surface area contributed by atoms with E-state index in [1.165, 1.54) is 17.1 Å². The molecule has 0 aliphatic rings. The zero-order valence-electron chi connectivity index (χ0n) is 12.0. The van der Waals surface area contributed by atoms with Gasteiger partial charge in [-0.2, -0.15) is 18.3 Å². The summed E-state index contributed by atoms with van der Waals surface area (Å²) in [4.78, 5) is 15.1. The minimum atomic E-state index is -4.50. The normalized spacial score (nSPS) is 11.3. The highest BCUT2D eigenvalue weighted by molar-refractivity contribution is 6.31. The van der Waals surface area contributed by atoms with Crippen LogP contribution in [0.15, 0.2) is 24.7 Å². The monoisotopic (exact) mass is 347 g/mol. The number of nitrogens with one attached hydrogen (secondary N) is 2. The third-order valence-corrected chi connectivity index (χ3v) is 3.11. The van der Waals surface area contributed by atoms with Gasteiger partial charge in [0.15, 0.2) is 0 Å². The molecule has 2 N–H and O–H groups in total. The Morgan fingerprint density at radius 2 is 2.13 bits per heavy atom. The van der Waals surface area contributed by atoms with Gasteiger partial charge in [-0.1, -0.05) is 11.6 Å². The molecule has 0 radical (unpaired) electrons. The summed E-state index contributed by atoms with van der Waals surface area (Å²) in [5.74, 6) is 0. The van der Waals surface area contributed by atoms with Crippen LogP contribution in [0, 0.1) is 0 Å². The van der Waals surface area contributed by atoms with E-state index >= 15 is 0 Å². The van der Waals surface area contributed by atoms with E-state index in [0.29, 0.717) is 12.2 Å². The van der Waals surface area contributed by atoms with Crippen molar-refractivity contribution in [2.75, 3.05) is 11.9 Å². The molecular formula is C13H13ClF3N5O. The maximum atomic E-state index is 12.6. The number of alkyl halides is 3. The Labute approximate surface area is 134 Å². The molecule has 0 saturated carbocycles. The SMILES string of the molecule is CCNC(=O)Nc1cnn(Cc2ncc(C(F)(F)F)cc2Cl)c1. The number of hydrogen-bond donors (Lipinski definition) is 2. The topological polar surface area (TPSA) is 71.8 Å². The van der Waals surface area contributed by atoms with Gasteiger partial charge < -0.3 is 10.6 Å². The molecule has 124 valence electrons. The molecule has 0 aliphatic heterocycles. The van der Waals surface area contributed by atoms with Crippen molar-refractivity contribution in [2.24, 2.45) is 0 Å². The van der Waals surface area contributed by atoms with E-state index in [4.69, 9.17) is 11.6 Å². The molecule has 0 atom stereocenters. The van der Waals surface area contributed by atoms with Crippen LogP contribution in [0.3, 0.4) is 0 Å². The molecule has 2 heterocycles. The van der Waals surface area contributed by atoms with E-state index in [1.807, 2.05) is 0 Å². The standard InChI is InChI=1S/C13H13ClF3N5O/c1-2-18-12(23)21-9-5-20-22(6-9)7-11-10(14)3-8(4-19-11)13(15,16)17/h3-6H,2,7H2,1H3,(H2,18,21,23). The average Bonchev–Trinajstić information content (AvgIpc) is 2.87. The lowest BCUT2D eigenvalue weighted by Crippen LogP contribution is -2.27. The van der Waals surface area contributed by atoms with Crippen molar-refractivity contribution in [3.63, 3.8) is 0 Å². The second-order valence-electron chi connectivity index (χ2n) is 4.56. The maximum Gasteiger partial charge on any atom is 0.417 e. The molecular weight excluding hydrogens is 335 g/mol. The van der Waals surface area contributed by atoms with Crippen LogP contribution in [0.5, 0.6) is 0 Å². The first-order chi connectivity index (χ1) is 10.8. The molecule has 2 aromatic rings. The van der Waals surface area contributed by atoms with E-state index in [2.05, 4.69) is 20.7 Å². The van der Waals surface area contributed by atoms with Gasteiger partial charge in [-0.25, -0.2) is 4.79 Å². The zero-order valence-corrected chi connectivity index (χ0v) is 12.7. The molecule has 0 aromatic carbocycles. The van der Waals surface area contributed by atoms with Gasteiger partial charge in [0.25, 0.3) is 0 Å². The second-order valence-corrected chi connectivity index (χ2v) is 4.97. The van der Waals surface area contributed by atoms with E-state index in [1.54, 1.807) is 6.92 Å². The van der Waals surface area contributed by atoms with Crippen molar-refractivity contribution in [3.05, 3.63) is 40.9 Å². The van der Waals surface area contributed by atoms with Crippen molar-refractivity contribution < 1.29 is 18.0 Å². The highest BCUT2D eigenvalue weighted by Crippen LogP contribution is 2.31. The van der Waals surface area contributed by atoms with Crippen molar-refractivity contribution in [2.45, 2.75) is 19.6 Å². The molecule has 0 unspecified atom stereocenters. The summed E-state index contributed by atoms with van der Waals surface area (Å²) in [6.07, 6.45) is -0.846. The van der Waals surface area contributed by atoms with Gasteiger partial charge in [-0.15, -0.1) is 0 Å². The molecule has 6 nitrogen and oxygen atoms in total. The fourth-order valence-electron chi connectivity index (χ4n) is 1.74. The molecule has 10 heteroatoms.